The highest BCUT2D eigenvalue weighted by atomic mass is 19.1. The van der Waals surface area contributed by atoms with Gasteiger partial charge in [-0.3, -0.25) is 4.90 Å². The first kappa shape index (κ1) is 17.4. The van der Waals surface area contributed by atoms with Gasteiger partial charge in [-0.15, -0.1) is 0 Å². The average molecular weight is 379 g/mol. The molecular formula is C23H22FNO3. The molecule has 1 aliphatic heterocycles. The minimum absolute atomic E-state index is 0.201. The molecule has 144 valence electrons. The maximum absolute atomic E-state index is 13.4. The van der Waals surface area contributed by atoms with Gasteiger partial charge in [0.25, 0.3) is 0 Å². The summed E-state index contributed by atoms with van der Waals surface area (Å²) in [6.45, 7) is 1.88. The fraction of sp³-hybridized carbons (Fsp3) is 0.348. The Balaban J connectivity index is 1.45. The molecule has 4 nitrogen and oxygen atoms in total. The first-order valence-corrected chi connectivity index (χ1v) is 9.89. The number of nitrogens with zero attached hydrogens (tertiary/aromatic N) is 1. The summed E-state index contributed by atoms with van der Waals surface area (Å²) in [5.41, 5.74) is 4.36. The van der Waals surface area contributed by atoms with Crippen LogP contribution in [0.1, 0.15) is 35.1 Å². The van der Waals surface area contributed by atoms with E-state index in [1.165, 1.54) is 6.07 Å². The molecule has 1 aromatic heterocycles. The topological polar surface area (TPSA) is 42.7 Å². The number of benzene rings is 2. The zero-order chi connectivity index (χ0) is 19.1. The highest BCUT2D eigenvalue weighted by Gasteiger charge is 2.25. The summed E-state index contributed by atoms with van der Waals surface area (Å²) < 4.78 is 25.1. The summed E-state index contributed by atoms with van der Waals surface area (Å²) in [4.78, 5) is 14.7. The van der Waals surface area contributed by atoms with E-state index in [1.807, 2.05) is 18.2 Å². The normalized spacial score (nSPS) is 16.5. The van der Waals surface area contributed by atoms with Crippen LogP contribution in [0.15, 0.2) is 45.6 Å². The van der Waals surface area contributed by atoms with Gasteiger partial charge in [0.05, 0.1) is 5.56 Å². The van der Waals surface area contributed by atoms with E-state index in [4.69, 9.17) is 9.15 Å². The standard InChI is InChI=1S/C23H22FNO3/c24-16-5-3-4-15(12-16)10-11-25-13-20-21(27-14-25)9-8-18-17-6-1-2-7-19(17)23(26)28-22(18)20/h3-5,8-9,12H,1-2,6-7,10-11,13-14H2. The molecule has 2 aliphatic rings. The minimum atomic E-state index is -0.213. The first-order valence-electron chi connectivity index (χ1n) is 9.89. The van der Waals surface area contributed by atoms with Crippen molar-refractivity contribution in [1.82, 2.24) is 4.90 Å². The minimum Gasteiger partial charge on any atom is -0.478 e. The van der Waals surface area contributed by atoms with Crippen LogP contribution in [0, 0.1) is 5.82 Å². The lowest BCUT2D eigenvalue weighted by Gasteiger charge is -2.29. The second-order valence-corrected chi connectivity index (χ2v) is 7.68. The second-order valence-electron chi connectivity index (χ2n) is 7.68. The van der Waals surface area contributed by atoms with Gasteiger partial charge in [0.1, 0.15) is 23.9 Å². The van der Waals surface area contributed by atoms with Crippen molar-refractivity contribution < 1.29 is 13.5 Å². The molecule has 5 rings (SSSR count). The Morgan fingerprint density at radius 3 is 2.75 bits per heavy atom. The average Bonchev–Trinajstić information content (AvgIpc) is 2.72. The van der Waals surface area contributed by atoms with Crippen molar-refractivity contribution in [2.24, 2.45) is 0 Å². The molecule has 0 saturated heterocycles. The van der Waals surface area contributed by atoms with Crippen molar-refractivity contribution in [3.05, 3.63) is 74.9 Å². The number of aryl methyl sites for hydroxylation is 1. The molecule has 1 aliphatic carbocycles. The Morgan fingerprint density at radius 2 is 1.89 bits per heavy atom. The third-order valence-electron chi connectivity index (χ3n) is 5.84. The van der Waals surface area contributed by atoms with E-state index in [0.29, 0.717) is 18.9 Å². The highest BCUT2D eigenvalue weighted by molar-refractivity contribution is 5.86. The van der Waals surface area contributed by atoms with Gasteiger partial charge in [0, 0.05) is 24.0 Å². The lowest BCUT2D eigenvalue weighted by atomic mass is 9.90. The SMILES string of the molecule is O=c1oc2c3c(ccc2c2c1CCCC2)OCN(CCc1cccc(F)c1)C3. The summed E-state index contributed by atoms with van der Waals surface area (Å²) in [5.74, 6) is 0.573. The number of hydrogen-bond donors (Lipinski definition) is 0. The Kier molecular flexibility index (Phi) is 4.40. The van der Waals surface area contributed by atoms with Crippen molar-refractivity contribution in [3.63, 3.8) is 0 Å². The van der Waals surface area contributed by atoms with E-state index in [-0.39, 0.29) is 11.4 Å². The molecule has 5 heteroatoms. The maximum atomic E-state index is 13.4. The number of fused-ring (bicyclic) bond motifs is 5. The fourth-order valence-electron chi connectivity index (χ4n) is 4.38. The number of halogens is 1. The van der Waals surface area contributed by atoms with Gasteiger partial charge in [0.2, 0.25) is 0 Å². The van der Waals surface area contributed by atoms with Gasteiger partial charge in [-0.05, 0) is 67.5 Å². The molecule has 0 N–H and O–H groups in total. The van der Waals surface area contributed by atoms with Crippen LogP contribution in [0.4, 0.5) is 4.39 Å². The van der Waals surface area contributed by atoms with Gasteiger partial charge in [0.15, 0.2) is 0 Å². The molecule has 0 bridgehead atoms. The van der Waals surface area contributed by atoms with Gasteiger partial charge < -0.3 is 9.15 Å². The number of ether oxygens (including phenoxy) is 1. The molecular weight excluding hydrogens is 357 g/mol. The van der Waals surface area contributed by atoms with Crippen molar-refractivity contribution in [1.29, 1.82) is 0 Å². The van der Waals surface area contributed by atoms with Crippen LogP contribution in [0.3, 0.4) is 0 Å². The van der Waals surface area contributed by atoms with E-state index < -0.39 is 0 Å². The Morgan fingerprint density at radius 1 is 1.04 bits per heavy atom. The van der Waals surface area contributed by atoms with E-state index in [2.05, 4.69) is 4.90 Å². The van der Waals surface area contributed by atoms with Crippen LogP contribution < -0.4 is 10.4 Å². The molecule has 0 amide bonds. The molecule has 3 aromatic rings. The van der Waals surface area contributed by atoms with Crippen LogP contribution in [-0.4, -0.2) is 18.2 Å². The van der Waals surface area contributed by atoms with Gasteiger partial charge in [-0.2, -0.15) is 0 Å². The molecule has 0 fully saturated rings. The monoisotopic (exact) mass is 379 g/mol. The van der Waals surface area contributed by atoms with Crippen LogP contribution in [-0.2, 0) is 25.8 Å². The van der Waals surface area contributed by atoms with E-state index in [1.54, 1.807) is 12.1 Å². The molecule has 0 spiro atoms. The Hall–Kier alpha value is -2.66. The number of rotatable bonds is 3. The summed E-state index contributed by atoms with van der Waals surface area (Å²) >= 11 is 0. The van der Waals surface area contributed by atoms with Crippen molar-refractivity contribution >= 4 is 11.0 Å². The fourth-order valence-corrected chi connectivity index (χ4v) is 4.38. The Labute approximate surface area is 162 Å². The van der Waals surface area contributed by atoms with E-state index in [9.17, 15) is 9.18 Å². The van der Waals surface area contributed by atoms with Crippen LogP contribution in [0.5, 0.6) is 5.75 Å². The third-order valence-corrected chi connectivity index (χ3v) is 5.84. The van der Waals surface area contributed by atoms with Crippen LogP contribution in [0.25, 0.3) is 11.0 Å². The molecule has 2 heterocycles. The highest BCUT2D eigenvalue weighted by Crippen LogP contribution is 2.35. The molecule has 2 aromatic carbocycles. The number of hydrogen-bond acceptors (Lipinski definition) is 4. The van der Waals surface area contributed by atoms with Crippen molar-refractivity contribution in [2.45, 2.75) is 38.6 Å². The first-order chi connectivity index (χ1) is 13.7. The van der Waals surface area contributed by atoms with Crippen LogP contribution in [0.2, 0.25) is 0 Å². The zero-order valence-electron chi connectivity index (χ0n) is 15.7. The predicted molar refractivity (Wildman–Crippen MR) is 105 cm³/mol. The zero-order valence-corrected chi connectivity index (χ0v) is 15.7. The van der Waals surface area contributed by atoms with Crippen molar-refractivity contribution in [3.8, 4) is 5.75 Å². The lowest BCUT2D eigenvalue weighted by Crippen LogP contribution is -2.34. The maximum Gasteiger partial charge on any atom is 0.339 e. The quantitative estimate of drug-likeness (QED) is 0.640. The van der Waals surface area contributed by atoms with Crippen LogP contribution >= 0.6 is 0 Å². The largest absolute Gasteiger partial charge is 0.478 e. The van der Waals surface area contributed by atoms with E-state index in [0.717, 1.165) is 72.0 Å². The third kappa shape index (κ3) is 3.10. The molecule has 0 atom stereocenters. The summed E-state index contributed by atoms with van der Waals surface area (Å²) in [6.07, 6.45) is 4.63. The smallest absolute Gasteiger partial charge is 0.339 e. The molecule has 28 heavy (non-hydrogen) atoms. The van der Waals surface area contributed by atoms with Gasteiger partial charge in [-0.1, -0.05) is 12.1 Å². The predicted octanol–water partition coefficient (Wildman–Crippen LogP) is 4.21. The second kappa shape index (κ2) is 7.06. The molecule has 0 radical (unpaired) electrons. The van der Waals surface area contributed by atoms with E-state index >= 15 is 0 Å². The summed E-state index contributed by atoms with van der Waals surface area (Å²) in [6, 6.07) is 10.7. The molecule has 0 unspecified atom stereocenters. The lowest BCUT2D eigenvalue weighted by molar-refractivity contribution is 0.0967. The summed E-state index contributed by atoms with van der Waals surface area (Å²) in [5, 5.41) is 1.05. The van der Waals surface area contributed by atoms with Gasteiger partial charge in [-0.25, -0.2) is 9.18 Å². The summed E-state index contributed by atoms with van der Waals surface area (Å²) in [7, 11) is 0. The Bertz CT molecular complexity index is 1100. The van der Waals surface area contributed by atoms with Gasteiger partial charge >= 0.3 is 5.63 Å². The molecule has 0 saturated carbocycles. The van der Waals surface area contributed by atoms with Crippen molar-refractivity contribution in [2.75, 3.05) is 13.3 Å².